The molecule has 26 N–H and O–H groups in total. The van der Waals surface area contributed by atoms with E-state index >= 15 is 0 Å². The molecule has 8 aliphatic rings. The third-order valence-corrected chi connectivity index (χ3v) is 17.8. The predicted molar refractivity (Wildman–Crippen MR) is 299 cm³/mol. The smallest absolute Gasteiger partial charge is 0.217 e. The number of aliphatic hydroxyl groups is 23. The van der Waals surface area contributed by atoms with E-state index in [0.29, 0.717) is 0 Å². The lowest BCUT2D eigenvalue weighted by Crippen LogP contribution is -2.70. The normalized spacial score (nSPS) is 49.5. The molecule has 0 aromatic heterocycles. The van der Waals surface area contributed by atoms with Crippen LogP contribution in [0.2, 0.25) is 0 Å². The van der Waals surface area contributed by atoms with Gasteiger partial charge >= 0.3 is 0 Å². The number of carbonyl (C=O) groups excluding carboxylic acids is 3. The molecule has 0 saturated carbocycles. The standard InChI is InChI=1S/C54H91N3O41/c1-12(64)55-23-33(74)42(19(8-62)86-47(23)83)94-49-25(57-14(3)66)34(75)43(20(9-63)91-49)95-52-41(82)44(96-54-46(37(78)29(70)18(7-61)90-54)97-48-24(56-13(2)65)32(73)26(67)15(4-58)87-48)31(72)22(92-52)11-85-53-45(98-51-40(81)36(77)28(69)17(6-60)89-51)38(79)30(71)21(93-53)10-84-50-39(80)35(76)27(68)16(5-59)88-50/h15-54,58-63,67-83H,4-11H2,1-3H3,(H,55,64)(H,56,65)(H,57,66)/t15-,16-,17-,18-,19-,20-,21-,22-,23-,24+,25-,26-,27-,28-,29-,30-,31-,32-,33-,34-,35+,36+,37+,38+,39+,40+,41+,42-,43-,44+,45+,46+,47?,48+,49+,50+,51-,52+,53+,54-/m1/s1. The summed E-state index contributed by atoms with van der Waals surface area (Å²) in [5, 5.41) is 259. The second-order valence-electron chi connectivity index (χ2n) is 24.7. The molecule has 0 radical (unpaired) electrons. The third-order valence-electron chi connectivity index (χ3n) is 17.8. The highest BCUT2D eigenvalue weighted by Gasteiger charge is 2.59. The highest BCUT2D eigenvalue weighted by molar-refractivity contribution is 5.74. The summed E-state index contributed by atoms with van der Waals surface area (Å²) < 4.78 is 87.7. The Labute approximate surface area is 554 Å². The molecule has 44 nitrogen and oxygen atoms in total. The van der Waals surface area contributed by atoms with E-state index in [-0.39, 0.29) is 0 Å². The zero-order valence-electron chi connectivity index (χ0n) is 52.4. The van der Waals surface area contributed by atoms with Gasteiger partial charge in [0, 0.05) is 20.8 Å². The topological polar surface area (TPSA) is 691 Å². The fourth-order valence-electron chi connectivity index (χ4n) is 12.5. The molecule has 0 aromatic rings. The SMILES string of the molecule is CC(=O)N[C@@H]1[C@H](O[C@@H]2[C@@H](O[C@@H]3[C@H](O)[C@H](O[C@H]4[C@H](O)[C@@H](NC(C)=O)[C@H](O[C@H]5[C@H](O)[C@@H](NC(C)=O)C(O)O[C@@H]5CO)O[C@@H]4CO)O[C@H](CO[C@H]4O[C@H](CO[C@H]5O[C@H](CO)[C@@H](O)[C@H](O)[C@@H]5O)[C@@H](O)[C@H](O)[C@@H]4O[C@H]4O[C@H](CO)[C@@H](O)[C@H](O)[C@@H]4O)[C@H]3O)O[C@H](CO)[C@@H](O)[C@@H]2O)O[C@H](CO)[C@@H](O)[C@@H]1O. The maximum atomic E-state index is 12.9. The van der Waals surface area contributed by atoms with Crippen molar-refractivity contribution in [2.24, 2.45) is 0 Å². The molecular formula is C54H91N3O41. The Bertz CT molecular complexity index is 2510. The van der Waals surface area contributed by atoms with Crippen LogP contribution in [-0.4, -0.2) is 433 Å². The molecule has 8 rings (SSSR count). The van der Waals surface area contributed by atoms with E-state index in [1.807, 2.05) is 0 Å². The summed E-state index contributed by atoms with van der Waals surface area (Å²) in [4.78, 5) is 37.4. The van der Waals surface area contributed by atoms with Gasteiger partial charge in [0.1, 0.15) is 195 Å². The maximum Gasteiger partial charge on any atom is 0.217 e. The van der Waals surface area contributed by atoms with Gasteiger partial charge in [-0.1, -0.05) is 0 Å². The summed E-state index contributed by atoms with van der Waals surface area (Å²) in [6, 6.07) is -5.28. The minimum absolute atomic E-state index is 0.771. The quantitative estimate of drug-likeness (QED) is 0.0404. The second-order valence-corrected chi connectivity index (χ2v) is 24.7. The summed E-state index contributed by atoms with van der Waals surface area (Å²) in [5.41, 5.74) is 0. The number of carbonyl (C=O) groups is 3. The molecular weight excluding hydrogens is 1350 g/mol. The Hall–Kier alpha value is -3.11. The van der Waals surface area contributed by atoms with Gasteiger partial charge in [-0.15, -0.1) is 0 Å². The molecule has 98 heavy (non-hydrogen) atoms. The van der Waals surface area contributed by atoms with Crippen LogP contribution in [0.3, 0.4) is 0 Å². The van der Waals surface area contributed by atoms with Crippen LogP contribution >= 0.6 is 0 Å². The van der Waals surface area contributed by atoms with Crippen LogP contribution in [0, 0.1) is 0 Å². The van der Waals surface area contributed by atoms with Gasteiger partial charge in [0.05, 0.1) is 52.9 Å². The van der Waals surface area contributed by atoms with Crippen molar-refractivity contribution in [2.45, 2.75) is 266 Å². The number of hydrogen-bond donors (Lipinski definition) is 26. The van der Waals surface area contributed by atoms with Gasteiger partial charge in [-0.25, -0.2) is 0 Å². The molecule has 0 aromatic carbocycles. The van der Waals surface area contributed by atoms with E-state index in [1.165, 1.54) is 0 Å². The summed E-state index contributed by atoms with van der Waals surface area (Å²) in [6.07, 6.45) is -75.9. The second kappa shape index (κ2) is 35.1. The Morgan fingerprint density at radius 1 is 0.265 bits per heavy atom. The summed E-state index contributed by atoms with van der Waals surface area (Å²) in [6.45, 7) is -5.35. The van der Waals surface area contributed by atoms with Crippen molar-refractivity contribution in [3.05, 3.63) is 0 Å². The molecule has 8 heterocycles. The van der Waals surface area contributed by atoms with Crippen molar-refractivity contribution in [3.8, 4) is 0 Å². The van der Waals surface area contributed by atoms with Gasteiger partial charge in [0.25, 0.3) is 0 Å². The maximum absolute atomic E-state index is 12.9. The lowest BCUT2D eigenvalue weighted by molar-refractivity contribution is -0.397. The first-order chi connectivity index (χ1) is 46.3. The van der Waals surface area contributed by atoms with Crippen LogP contribution in [0.15, 0.2) is 0 Å². The molecule has 0 spiro atoms. The first kappa shape index (κ1) is 80.6. The van der Waals surface area contributed by atoms with Crippen molar-refractivity contribution in [1.29, 1.82) is 0 Å². The van der Waals surface area contributed by atoms with Gasteiger partial charge in [-0.05, 0) is 0 Å². The van der Waals surface area contributed by atoms with Crippen molar-refractivity contribution in [2.75, 3.05) is 52.9 Å². The average molecular weight is 1440 g/mol. The Balaban J connectivity index is 1.15. The molecule has 40 atom stereocenters. The summed E-state index contributed by atoms with van der Waals surface area (Å²) >= 11 is 0. The zero-order valence-corrected chi connectivity index (χ0v) is 52.4. The number of amides is 3. The molecule has 44 heteroatoms. The first-order valence-corrected chi connectivity index (χ1v) is 31.1. The number of aliphatic hydroxyl groups excluding tert-OH is 23. The van der Waals surface area contributed by atoms with E-state index in [1.54, 1.807) is 0 Å². The van der Waals surface area contributed by atoms with Crippen LogP contribution < -0.4 is 16.0 Å². The number of ether oxygens (including phenoxy) is 15. The molecule has 568 valence electrons. The zero-order chi connectivity index (χ0) is 72.2. The van der Waals surface area contributed by atoms with E-state index in [9.17, 15) is 132 Å². The van der Waals surface area contributed by atoms with Crippen molar-refractivity contribution >= 4 is 17.7 Å². The van der Waals surface area contributed by atoms with Crippen molar-refractivity contribution in [1.82, 2.24) is 16.0 Å². The predicted octanol–water partition coefficient (Wildman–Crippen LogP) is -18.0. The van der Waals surface area contributed by atoms with Crippen LogP contribution in [0.25, 0.3) is 0 Å². The molecule has 0 bridgehead atoms. The van der Waals surface area contributed by atoms with Crippen LogP contribution in [0.5, 0.6) is 0 Å². The number of rotatable bonds is 25. The summed E-state index contributed by atoms with van der Waals surface area (Å²) in [5.74, 6) is -2.55. The fourth-order valence-corrected chi connectivity index (χ4v) is 12.5. The largest absolute Gasteiger partial charge is 0.394 e. The van der Waals surface area contributed by atoms with Gasteiger partial charge in [0.15, 0.2) is 50.3 Å². The lowest BCUT2D eigenvalue weighted by atomic mass is 9.94. The van der Waals surface area contributed by atoms with Gasteiger partial charge in [-0.2, -0.15) is 0 Å². The van der Waals surface area contributed by atoms with Crippen molar-refractivity contribution in [3.63, 3.8) is 0 Å². The van der Waals surface area contributed by atoms with Crippen LogP contribution in [0.4, 0.5) is 0 Å². The van der Waals surface area contributed by atoms with E-state index < -0.39 is 316 Å². The molecule has 1 unspecified atom stereocenters. The lowest BCUT2D eigenvalue weighted by Gasteiger charge is -2.51. The van der Waals surface area contributed by atoms with Gasteiger partial charge < -0.3 is 204 Å². The summed E-state index contributed by atoms with van der Waals surface area (Å²) in [7, 11) is 0. The molecule has 8 fully saturated rings. The average Bonchev–Trinajstić information content (AvgIpc) is 0.775. The van der Waals surface area contributed by atoms with E-state index in [0.717, 1.165) is 20.8 Å². The molecule has 8 aliphatic heterocycles. The highest BCUT2D eigenvalue weighted by atomic mass is 16.8. The van der Waals surface area contributed by atoms with Crippen LogP contribution in [-0.2, 0) is 85.4 Å². The highest BCUT2D eigenvalue weighted by Crippen LogP contribution is 2.38. The monoisotopic (exact) mass is 1440 g/mol. The number of nitrogens with one attached hydrogen (secondary N) is 3. The van der Waals surface area contributed by atoms with Gasteiger partial charge in [0.2, 0.25) is 17.7 Å². The Kier molecular flexibility index (Phi) is 28.9. The van der Waals surface area contributed by atoms with Crippen molar-refractivity contribution < 1.29 is 203 Å². The minimum atomic E-state index is -2.51. The molecule has 3 amide bonds. The Morgan fingerprint density at radius 2 is 0.571 bits per heavy atom. The first-order valence-electron chi connectivity index (χ1n) is 31.1. The van der Waals surface area contributed by atoms with Gasteiger partial charge in [-0.3, -0.25) is 14.4 Å². The third kappa shape index (κ3) is 17.6. The fraction of sp³-hybridized carbons (Fsp3) is 0.944. The number of hydrogen-bond acceptors (Lipinski definition) is 41. The minimum Gasteiger partial charge on any atom is -0.394 e. The van der Waals surface area contributed by atoms with E-state index in [4.69, 9.17) is 71.1 Å². The molecule has 0 aliphatic carbocycles. The van der Waals surface area contributed by atoms with Crippen LogP contribution in [0.1, 0.15) is 20.8 Å². The Morgan fingerprint density at radius 3 is 1.08 bits per heavy atom. The van der Waals surface area contributed by atoms with E-state index in [2.05, 4.69) is 16.0 Å². The molecule has 8 saturated heterocycles.